The van der Waals surface area contributed by atoms with Crippen LogP contribution in [0.5, 0.6) is 0 Å². The van der Waals surface area contributed by atoms with E-state index < -0.39 is 39.4 Å². The normalized spacial score (nSPS) is 15.6. The summed E-state index contributed by atoms with van der Waals surface area (Å²) in [6.07, 6.45) is -0.658. The van der Waals surface area contributed by atoms with Crippen LogP contribution in [-0.2, 0) is 10.9 Å². The first-order valence-electron chi connectivity index (χ1n) is 11.9. The topological polar surface area (TPSA) is 96.5 Å². The molecule has 200 valence electrons. The van der Waals surface area contributed by atoms with Crippen LogP contribution in [0.15, 0.2) is 54.9 Å². The predicted octanol–water partition coefficient (Wildman–Crippen LogP) is 4.38. The van der Waals surface area contributed by atoms with Crippen molar-refractivity contribution in [1.29, 1.82) is 0 Å². The van der Waals surface area contributed by atoms with Crippen molar-refractivity contribution in [2.45, 2.75) is 37.3 Å². The number of carbonyl (C=O) groups excluding carboxylic acids is 2. The monoisotopic (exact) mass is 589 g/mol. The van der Waals surface area contributed by atoms with Crippen molar-refractivity contribution in [3.63, 3.8) is 0 Å². The SMILES string of the molecule is Cc1ccc(NC(=O)c2cccc(C(F)(F)F)c2)cc1NC(=O)N(C)c1cc([AsH]CC2CCCO2)ncn1. The van der Waals surface area contributed by atoms with Crippen molar-refractivity contribution >= 4 is 49.4 Å². The quantitative estimate of drug-likeness (QED) is 0.399. The van der Waals surface area contributed by atoms with Crippen LogP contribution in [0, 0.1) is 6.92 Å². The molecule has 4 rings (SSSR count). The third-order valence-electron chi connectivity index (χ3n) is 6.02. The number of aromatic nitrogens is 2. The first kappa shape index (κ1) is 27.6. The fourth-order valence-electron chi connectivity index (χ4n) is 3.83. The third kappa shape index (κ3) is 7.11. The number of carbonyl (C=O) groups is 2. The molecule has 1 fully saturated rings. The van der Waals surface area contributed by atoms with Crippen LogP contribution in [0.25, 0.3) is 0 Å². The zero-order chi connectivity index (χ0) is 27.3. The van der Waals surface area contributed by atoms with Crippen molar-refractivity contribution in [2.24, 2.45) is 0 Å². The molecule has 3 amide bonds. The van der Waals surface area contributed by atoms with Crippen molar-refractivity contribution in [1.82, 2.24) is 9.97 Å². The van der Waals surface area contributed by atoms with Gasteiger partial charge in [-0.3, -0.25) is 0 Å². The van der Waals surface area contributed by atoms with Gasteiger partial charge in [-0.25, -0.2) is 0 Å². The fourth-order valence-corrected chi connectivity index (χ4v) is 6.22. The summed E-state index contributed by atoms with van der Waals surface area (Å²) in [6, 6.07) is 10.4. The van der Waals surface area contributed by atoms with Gasteiger partial charge in [0, 0.05) is 0 Å². The Morgan fingerprint density at radius 3 is 2.68 bits per heavy atom. The molecule has 2 heterocycles. The van der Waals surface area contributed by atoms with Crippen LogP contribution in [0.4, 0.5) is 35.2 Å². The molecule has 0 spiro atoms. The van der Waals surface area contributed by atoms with E-state index in [9.17, 15) is 22.8 Å². The van der Waals surface area contributed by atoms with Crippen LogP contribution in [-0.4, -0.2) is 57.4 Å². The Labute approximate surface area is 224 Å². The van der Waals surface area contributed by atoms with E-state index in [-0.39, 0.29) is 5.56 Å². The molecule has 12 heteroatoms. The second-order valence-electron chi connectivity index (χ2n) is 8.83. The number of halogens is 3. The molecule has 0 radical (unpaired) electrons. The zero-order valence-corrected chi connectivity index (χ0v) is 22.9. The average Bonchev–Trinajstić information content (AvgIpc) is 3.42. The van der Waals surface area contributed by atoms with Crippen LogP contribution in [0.3, 0.4) is 0 Å². The summed E-state index contributed by atoms with van der Waals surface area (Å²) in [5, 5.41) is 6.37. The van der Waals surface area contributed by atoms with Gasteiger partial charge in [0.05, 0.1) is 5.56 Å². The van der Waals surface area contributed by atoms with E-state index in [1.54, 1.807) is 32.2 Å². The average molecular weight is 589 g/mol. The number of nitrogens with zero attached hydrogens (tertiary/aromatic N) is 3. The minimum atomic E-state index is -4.56. The number of nitrogens with one attached hydrogen (secondary N) is 2. The maximum atomic E-state index is 13.0. The van der Waals surface area contributed by atoms with Crippen LogP contribution in [0.2, 0.25) is 5.21 Å². The molecule has 1 aliphatic rings. The van der Waals surface area contributed by atoms with E-state index in [1.165, 1.54) is 23.4 Å². The molecule has 38 heavy (non-hydrogen) atoms. The summed E-state index contributed by atoms with van der Waals surface area (Å²) in [5.41, 5.74) is 0.445. The van der Waals surface area contributed by atoms with Gasteiger partial charge in [-0.15, -0.1) is 0 Å². The first-order chi connectivity index (χ1) is 18.1. The van der Waals surface area contributed by atoms with E-state index >= 15 is 0 Å². The van der Waals surface area contributed by atoms with Crippen molar-refractivity contribution in [3.8, 4) is 0 Å². The van der Waals surface area contributed by atoms with Crippen molar-refractivity contribution in [3.05, 3.63) is 71.5 Å². The Bertz CT molecular complexity index is 1320. The number of benzene rings is 2. The summed E-state index contributed by atoms with van der Waals surface area (Å²) < 4.78 is 45.6. The summed E-state index contributed by atoms with van der Waals surface area (Å²) in [6.45, 7) is 2.59. The van der Waals surface area contributed by atoms with Crippen molar-refractivity contribution < 1.29 is 27.5 Å². The molecule has 2 aromatic carbocycles. The number of hydrogen-bond donors (Lipinski definition) is 2. The van der Waals surface area contributed by atoms with Gasteiger partial charge in [-0.2, -0.15) is 13.2 Å². The predicted molar refractivity (Wildman–Crippen MR) is 141 cm³/mol. The second kappa shape index (κ2) is 12.0. The Balaban J connectivity index is 1.41. The van der Waals surface area contributed by atoms with E-state index in [0.29, 0.717) is 23.3 Å². The summed E-state index contributed by atoms with van der Waals surface area (Å²) >= 11 is -0.531. The number of ether oxygens (including phenoxy) is 1. The molecule has 1 aliphatic heterocycles. The molecular weight excluding hydrogens is 562 g/mol. The number of urea groups is 1. The first-order valence-corrected chi connectivity index (χ1v) is 14.4. The second-order valence-corrected chi connectivity index (χ2v) is 11.5. The molecule has 2 unspecified atom stereocenters. The third-order valence-corrected chi connectivity index (χ3v) is 8.74. The van der Waals surface area contributed by atoms with Crippen LogP contribution >= 0.6 is 0 Å². The molecule has 0 saturated carbocycles. The summed E-state index contributed by atoms with van der Waals surface area (Å²) in [5.74, 6) is -0.245. The molecule has 0 bridgehead atoms. The molecule has 1 saturated heterocycles. The molecule has 0 aliphatic carbocycles. The van der Waals surface area contributed by atoms with E-state index in [4.69, 9.17) is 4.74 Å². The van der Waals surface area contributed by atoms with Gasteiger partial charge >= 0.3 is 182 Å². The van der Waals surface area contributed by atoms with E-state index in [1.807, 2.05) is 6.07 Å². The van der Waals surface area contributed by atoms with Gasteiger partial charge in [0.1, 0.15) is 0 Å². The number of hydrogen-bond acceptors (Lipinski definition) is 5. The van der Waals surface area contributed by atoms with E-state index in [0.717, 1.165) is 46.8 Å². The van der Waals surface area contributed by atoms with Crippen LogP contribution < -0.4 is 20.0 Å². The molecule has 2 N–H and O–H groups in total. The van der Waals surface area contributed by atoms with E-state index in [2.05, 4.69) is 20.6 Å². The maximum absolute atomic E-state index is 13.0. The number of aryl methyl sites for hydroxylation is 1. The van der Waals surface area contributed by atoms with Gasteiger partial charge in [0.25, 0.3) is 0 Å². The van der Waals surface area contributed by atoms with Gasteiger partial charge < -0.3 is 0 Å². The van der Waals surface area contributed by atoms with Gasteiger partial charge in [0.2, 0.25) is 0 Å². The number of rotatable bonds is 7. The molecule has 3 aromatic rings. The standard InChI is InChI=1S/C26H27AsF3N5O3/c1-16-8-9-19(33-24(36)17-5-3-6-18(11-17)26(28,29)30)12-21(16)34-25(37)35(2)23-13-22(31-15-32-23)27-14-20-7-4-10-38-20/h3,5-6,8-9,11-13,15,20,27H,4,7,10,14H2,1-2H3,(H,33,36)(H,34,37). The Kier molecular flexibility index (Phi) is 8.68. The molecular formula is C26H27AsF3N5O3. The van der Waals surface area contributed by atoms with Gasteiger partial charge in [-0.05, 0) is 18.2 Å². The van der Waals surface area contributed by atoms with Crippen LogP contribution in [0.1, 0.15) is 34.3 Å². The molecule has 1 aromatic heterocycles. The van der Waals surface area contributed by atoms with Crippen molar-refractivity contribution in [2.75, 3.05) is 29.2 Å². The number of alkyl halides is 3. The molecule has 8 nitrogen and oxygen atoms in total. The minimum absolute atomic E-state index is 0.132. The van der Waals surface area contributed by atoms with Gasteiger partial charge in [-0.1, -0.05) is 6.07 Å². The fraction of sp³-hybridized carbons (Fsp3) is 0.308. The number of anilines is 3. The zero-order valence-electron chi connectivity index (χ0n) is 20.8. The van der Waals surface area contributed by atoms with Gasteiger partial charge in [0.15, 0.2) is 0 Å². The number of amides is 3. The summed E-state index contributed by atoms with van der Waals surface area (Å²) in [7, 11) is 1.59. The Hall–Kier alpha value is -3.43. The Morgan fingerprint density at radius 1 is 1.13 bits per heavy atom. The summed E-state index contributed by atoms with van der Waals surface area (Å²) in [4.78, 5) is 35.5. The Morgan fingerprint density at radius 2 is 1.95 bits per heavy atom. The molecule has 2 atom stereocenters.